The molecule has 1 unspecified atom stereocenters. The van der Waals surface area contributed by atoms with Gasteiger partial charge in [0, 0.05) is 12.0 Å². The Balaban J connectivity index is 2.91. The summed E-state index contributed by atoms with van der Waals surface area (Å²) in [5, 5.41) is 9.34. The van der Waals surface area contributed by atoms with E-state index in [9.17, 15) is 10.1 Å². The second-order valence-electron chi connectivity index (χ2n) is 4.25. The first kappa shape index (κ1) is 15.5. The van der Waals surface area contributed by atoms with Crippen molar-refractivity contribution in [3.8, 4) is 17.9 Å². The van der Waals surface area contributed by atoms with Crippen molar-refractivity contribution in [1.29, 1.82) is 5.26 Å². The monoisotopic (exact) mass is 267 g/mol. The van der Waals surface area contributed by atoms with Gasteiger partial charge in [0.05, 0.1) is 12.7 Å². The van der Waals surface area contributed by atoms with Gasteiger partial charge in [-0.25, -0.2) is 0 Å². The van der Waals surface area contributed by atoms with E-state index >= 15 is 0 Å². The molecule has 0 aliphatic heterocycles. The Hall–Kier alpha value is -2.52. The molecule has 0 saturated carbocycles. The molecule has 0 spiro atoms. The molecule has 3 nitrogen and oxygen atoms in total. The first-order valence-corrected chi connectivity index (χ1v) is 6.42. The van der Waals surface area contributed by atoms with Crippen LogP contribution in [0.4, 0.5) is 0 Å². The number of rotatable bonds is 5. The zero-order valence-electron chi connectivity index (χ0n) is 11.6. The van der Waals surface area contributed by atoms with Crippen molar-refractivity contribution in [3.05, 3.63) is 48.6 Å². The number of hydrogen-bond donors (Lipinski definition) is 0. The predicted molar refractivity (Wildman–Crippen MR) is 77.4 cm³/mol. The van der Waals surface area contributed by atoms with Gasteiger partial charge in [-0.2, -0.15) is 5.26 Å². The van der Waals surface area contributed by atoms with Crippen molar-refractivity contribution in [3.63, 3.8) is 0 Å². The van der Waals surface area contributed by atoms with Gasteiger partial charge in [0.2, 0.25) is 0 Å². The van der Waals surface area contributed by atoms with E-state index in [1.54, 1.807) is 13.0 Å². The molecule has 0 aliphatic rings. The van der Waals surface area contributed by atoms with Crippen LogP contribution in [0.1, 0.15) is 25.3 Å². The summed E-state index contributed by atoms with van der Waals surface area (Å²) in [4.78, 5) is 12.0. The van der Waals surface area contributed by atoms with E-state index in [1.807, 2.05) is 36.4 Å². The molecular weight excluding hydrogens is 250 g/mol. The number of nitriles is 1. The lowest BCUT2D eigenvalue weighted by atomic mass is 9.83. The fourth-order valence-electron chi connectivity index (χ4n) is 1.69. The SMILES string of the molecule is C=CCC(C#N)(CC#Cc1ccccc1)C(=O)OCC. The molecule has 0 fully saturated rings. The van der Waals surface area contributed by atoms with Gasteiger partial charge in [-0.15, -0.1) is 6.58 Å². The molecule has 0 N–H and O–H groups in total. The van der Waals surface area contributed by atoms with Crippen molar-refractivity contribution in [2.24, 2.45) is 5.41 Å². The van der Waals surface area contributed by atoms with Crippen molar-refractivity contribution >= 4 is 5.97 Å². The first-order valence-electron chi connectivity index (χ1n) is 6.42. The van der Waals surface area contributed by atoms with Gasteiger partial charge >= 0.3 is 5.97 Å². The molecule has 0 saturated heterocycles. The van der Waals surface area contributed by atoms with Crippen molar-refractivity contribution < 1.29 is 9.53 Å². The lowest BCUT2D eigenvalue weighted by molar-refractivity contribution is -0.151. The number of ether oxygens (including phenoxy) is 1. The van der Waals surface area contributed by atoms with Crippen LogP contribution in [0.25, 0.3) is 0 Å². The third-order valence-corrected chi connectivity index (χ3v) is 2.77. The largest absolute Gasteiger partial charge is 0.465 e. The van der Waals surface area contributed by atoms with E-state index in [0.29, 0.717) is 0 Å². The van der Waals surface area contributed by atoms with Gasteiger partial charge in [0.25, 0.3) is 0 Å². The van der Waals surface area contributed by atoms with Gasteiger partial charge in [-0.1, -0.05) is 36.1 Å². The molecule has 0 amide bonds. The van der Waals surface area contributed by atoms with Crippen LogP contribution < -0.4 is 0 Å². The highest BCUT2D eigenvalue weighted by Gasteiger charge is 2.38. The Morgan fingerprint density at radius 3 is 2.70 bits per heavy atom. The van der Waals surface area contributed by atoms with Crippen molar-refractivity contribution in [2.75, 3.05) is 6.61 Å². The predicted octanol–water partition coefficient (Wildman–Crippen LogP) is 3.08. The van der Waals surface area contributed by atoms with E-state index in [1.165, 1.54) is 0 Å². The van der Waals surface area contributed by atoms with Crippen LogP contribution in [0, 0.1) is 28.6 Å². The topological polar surface area (TPSA) is 50.1 Å². The highest BCUT2D eigenvalue weighted by atomic mass is 16.5. The Morgan fingerprint density at radius 2 is 2.15 bits per heavy atom. The summed E-state index contributed by atoms with van der Waals surface area (Å²) < 4.78 is 4.98. The maximum Gasteiger partial charge on any atom is 0.327 e. The zero-order chi connectivity index (χ0) is 14.8. The lowest BCUT2D eigenvalue weighted by Gasteiger charge is -2.20. The summed E-state index contributed by atoms with van der Waals surface area (Å²) in [7, 11) is 0. The van der Waals surface area contributed by atoms with E-state index in [4.69, 9.17) is 4.74 Å². The van der Waals surface area contributed by atoms with Crippen LogP contribution in [0.3, 0.4) is 0 Å². The molecule has 1 atom stereocenters. The molecule has 1 aromatic rings. The van der Waals surface area contributed by atoms with Gasteiger partial charge in [0.1, 0.15) is 0 Å². The maximum atomic E-state index is 12.0. The number of hydrogen-bond acceptors (Lipinski definition) is 3. The minimum Gasteiger partial charge on any atom is -0.465 e. The quantitative estimate of drug-likeness (QED) is 0.468. The molecule has 0 radical (unpaired) electrons. The summed E-state index contributed by atoms with van der Waals surface area (Å²) >= 11 is 0. The number of esters is 1. The molecular formula is C17H17NO2. The van der Waals surface area contributed by atoms with E-state index in [2.05, 4.69) is 18.4 Å². The highest BCUT2D eigenvalue weighted by molar-refractivity contribution is 5.80. The van der Waals surface area contributed by atoms with E-state index < -0.39 is 11.4 Å². The number of carbonyl (C=O) groups is 1. The van der Waals surface area contributed by atoms with Crippen molar-refractivity contribution in [1.82, 2.24) is 0 Å². The number of carbonyl (C=O) groups excluding carboxylic acids is 1. The lowest BCUT2D eigenvalue weighted by Crippen LogP contribution is -2.31. The van der Waals surface area contributed by atoms with Gasteiger partial charge < -0.3 is 4.74 Å². The zero-order valence-corrected chi connectivity index (χ0v) is 11.6. The van der Waals surface area contributed by atoms with Gasteiger partial charge in [-0.05, 0) is 25.5 Å². The average Bonchev–Trinajstić information content (AvgIpc) is 2.47. The molecule has 0 aromatic heterocycles. The van der Waals surface area contributed by atoms with Crippen LogP contribution in [0.2, 0.25) is 0 Å². The summed E-state index contributed by atoms with van der Waals surface area (Å²) in [5.41, 5.74) is -0.415. The summed E-state index contributed by atoms with van der Waals surface area (Å²) in [5.74, 6) is 5.31. The molecule has 1 rings (SSSR count). The molecule has 1 aromatic carbocycles. The Bertz CT molecular complexity index is 560. The van der Waals surface area contributed by atoms with Crippen LogP contribution in [0.5, 0.6) is 0 Å². The normalized spacial score (nSPS) is 12.2. The number of nitrogens with zero attached hydrogens (tertiary/aromatic N) is 1. The van der Waals surface area contributed by atoms with Crippen LogP contribution in [-0.4, -0.2) is 12.6 Å². The summed E-state index contributed by atoms with van der Waals surface area (Å²) in [6.45, 7) is 5.55. The standard InChI is InChI=1S/C17H17NO2/c1-3-12-17(14-18,16(19)20-4-2)13-8-11-15-9-6-5-7-10-15/h3,5-7,9-10H,1,4,12-13H2,2H3. The van der Waals surface area contributed by atoms with Crippen LogP contribution >= 0.6 is 0 Å². The molecule has 0 heterocycles. The number of benzene rings is 1. The Labute approximate surface area is 119 Å². The molecule has 20 heavy (non-hydrogen) atoms. The summed E-state index contributed by atoms with van der Waals surface area (Å²) in [6.07, 6.45) is 1.90. The Morgan fingerprint density at radius 1 is 1.45 bits per heavy atom. The fraction of sp³-hybridized carbons (Fsp3) is 0.294. The fourth-order valence-corrected chi connectivity index (χ4v) is 1.69. The molecule has 102 valence electrons. The summed E-state index contributed by atoms with van der Waals surface area (Å²) in [6, 6.07) is 11.5. The minimum absolute atomic E-state index is 0.128. The van der Waals surface area contributed by atoms with Crippen LogP contribution in [0.15, 0.2) is 43.0 Å². The smallest absolute Gasteiger partial charge is 0.327 e. The second-order valence-corrected chi connectivity index (χ2v) is 4.25. The Kier molecular flexibility index (Phi) is 6.07. The first-order chi connectivity index (χ1) is 9.68. The van der Waals surface area contributed by atoms with Crippen LogP contribution in [-0.2, 0) is 9.53 Å². The maximum absolute atomic E-state index is 12.0. The van der Waals surface area contributed by atoms with Gasteiger partial charge in [0.15, 0.2) is 5.41 Å². The third-order valence-electron chi connectivity index (χ3n) is 2.77. The number of allylic oxidation sites excluding steroid dienone is 1. The molecule has 3 heteroatoms. The highest BCUT2D eigenvalue weighted by Crippen LogP contribution is 2.28. The third kappa shape index (κ3) is 4.00. The minimum atomic E-state index is -1.26. The van der Waals surface area contributed by atoms with E-state index in [0.717, 1.165) is 5.56 Å². The average molecular weight is 267 g/mol. The molecule has 0 aliphatic carbocycles. The molecule has 0 bridgehead atoms. The second kappa shape index (κ2) is 7.81. The van der Waals surface area contributed by atoms with E-state index in [-0.39, 0.29) is 19.4 Å². The van der Waals surface area contributed by atoms with Crippen molar-refractivity contribution in [2.45, 2.75) is 19.8 Å². The van der Waals surface area contributed by atoms with Gasteiger partial charge in [-0.3, -0.25) is 4.79 Å².